The third-order valence-corrected chi connectivity index (χ3v) is 3.60. The molecule has 0 amide bonds. The fourth-order valence-corrected chi connectivity index (χ4v) is 2.60. The highest BCUT2D eigenvalue weighted by molar-refractivity contribution is 5.79. The van der Waals surface area contributed by atoms with Gasteiger partial charge >= 0.3 is 0 Å². The summed E-state index contributed by atoms with van der Waals surface area (Å²) < 4.78 is 5.31. The number of hydrogen-bond acceptors (Lipinski definition) is 2. The molecule has 0 aliphatic heterocycles. The molecule has 0 unspecified atom stereocenters. The Bertz CT molecular complexity index is 238. The standard InChI is InChI=1S/C15H31N3O/c1-3-16-15(18-12-13-19-4-2)17-11-7-10-14-8-5-6-9-14/h14H,3-13H2,1-2H3,(H2,16,17,18). The number of guanidine groups is 1. The van der Waals surface area contributed by atoms with Gasteiger partial charge in [-0.1, -0.05) is 25.7 Å². The topological polar surface area (TPSA) is 45.7 Å². The van der Waals surface area contributed by atoms with Crippen LogP contribution in [-0.2, 0) is 4.74 Å². The molecule has 0 heterocycles. The van der Waals surface area contributed by atoms with E-state index < -0.39 is 0 Å². The van der Waals surface area contributed by atoms with Gasteiger partial charge in [-0.15, -0.1) is 0 Å². The maximum atomic E-state index is 5.31. The maximum absolute atomic E-state index is 5.31. The van der Waals surface area contributed by atoms with Gasteiger partial charge < -0.3 is 15.4 Å². The lowest BCUT2D eigenvalue weighted by Gasteiger charge is -2.11. The average Bonchev–Trinajstić information content (AvgIpc) is 2.92. The Morgan fingerprint density at radius 1 is 1.21 bits per heavy atom. The van der Waals surface area contributed by atoms with Crippen LogP contribution in [0.2, 0.25) is 0 Å². The second-order valence-corrected chi connectivity index (χ2v) is 5.18. The Labute approximate surface area is 118 Å². The fourth-order valence-electron chi connectivity index (χ4n) is 2.60. The molecule has 1 rings (SSSR count). The van der Waals surface area contributed by atoms with E-state index in [9.17, 15) is 0 Å². The van der Waals surface area contributed by atoms with Crippen molar-refractivity contribution in [1.82, 2.24) is 10.6 Å². The maximum Gasteiger partial charge on any atom is 0.191 e. The van der Waals surface area contributed by atoms with E-state index in [1.54, 1.807) is 0 Å². The lowest BCUT2D eigenvalue weighted by atomic mass is 10.0. The smallest absolute Gasteiger partial charge is 0.191 e. The molecule has 4 nitrogen and oxygen atoms in total. The van der Waals surface area contributed by atoms with E-state index in [-0.39, 0.29) is 0 Å². The van der Waals surface area contributed by atoms with Crippen molar-refractivity contribution in [2.75, 3.05) is 32.8 Å². The highest BCUT2D eigenvalue weighted by atomic mass is 16.5. The first-order valence-electron chi connectivity index (χ1n) is 7.96. The SMILES string of the molecule is CCNC(=NCCCC1CCCC1)NCCOCC. The first-order valence-corrected chi connectivity index (χ1v) is 7.96. The van der Waals surface area contributed by atoms with Crippen LogP contribution in [-0.4, -0.2) is 38.8 Å². The zero-order valence-corrected chi connectivity index (χ0v) is 12.7. The summed E-state index contributed by atoms with van der Waals surface area (Å²) in [6.07, 6.45) is 8.33. The van der Waals surface area contributed by atoms with Crippen LogP contribution in [0.1, 0.15) is 52.4 Å². The average molecular weight is 269 g/mol. The van der Waals surface area contributed by atoms with Gasteiger partial charge in [-0.2, -0.15) is 0 Å². The number of nitrogens with one attached hydrogen (secondary N) is 2. The predicted molar refractivity (Wildman–Crippen MR) is 81.7 cm³/mol. The third-order valence-electron chi connectivity index (χ3n) is 3.60. The lowest BCUT2D eigenvalue weighted by Crippen LogP contribution is -2.39. The van der Waals surface area contributed by atoms with Crippen molar-refractivity contribution in [1.29, 1.82) is 0 Å². The molecule has 0 aromatic heterocycles. The highest BCUT2D eigenvalue weighted by Gasteiger charge is 2.13. The molecule has 0 radical (unpaired) electrons. The van der Waals surface area contributed by atoms with Crippen LogP contribution < -0.4 is 10.6 Å². The highest BCUT2D eigenvalue weighted by Crippen LogP contribution is 2.28. The summed E-state index contributed by atoms with van der Waals surface area (Å²) in [6.45, 7) is 8.28. The minimum Gasteiger partial charge on any atom is -0.380 e. The van der Waals surface area contributed by atoms with Gasteiger partial charge in [0, 0.05) is 26.2 Å². The van der Waals surface area contributed by atoms with Gasteiger partial charge in [-0.3, -0.25) is 4.99 Å². The van der Waals surface area contributed by atoms with Crippen LogP contribution in [0.25, 0.3) is 0 Å². The zero-order chi connectivity index (χ0) is 13.8. The van der Waals surface area contributed by atoms with Crippen LogP contribution in [0.5, 0.6) is 0 Å². The molecule has 19 heavy (non-hydrogen) atoms. The van der Waals surface area contributed by atoms with Crippen molar-refractivity contribution in [3.8, 4) is 0 Å². The van der Waals surface area contributed by atoms with E-state index in [1.807, 2.05) is 6.92 Å². The van der Waals surface area contributed by atoms with Crippen LogP contribution in [0.3, 0.4) is 0 Å². The minimum absolute atomic E-state index is 0.739. The first kappa shape index (κ1) is 16.3. The molecule has 0 atom stereocenters. The Hall–Kier alpha value is -0.770. The fraction of sp³-hybridized carbons (Fsp3) is 0.933. The van der Waals surface area contributed by atoms with E-state index in [2.05, 4.69) is 22.5 Å². The quantitative estimate of drug-likeness (QED) is 0.384. The Balaban J connectivity index is 2.11. The molecule has 112 valence electrons. The van der Waals surface area contributed by atoms with Crippen LogP contribution in [0, 0.1) is 5.92 Å². The Morgan fingerprint density at radius 2 is 2.00 bits per heavy atom. The van der Waals surface area contributed by atoms with Gasteiger partial charge in [0.05, 0.1) is 6.61 Å². The second kappa shape index (κ2) is 11.1. The van der Waals surface area contributed by atoms with E-state index in [4.69, 9.17) is 4.74 Å². The Morgan fingerprint density at radius 3 is 2.68 bits per heavy atom. The summed E-state index contributed by atoms with van der Waals surface area (Å²) in [5, 5.41) is 6.57. The first-order chi connectivity index (χ1) is 9.36. The molecule has 0 spiro atoms. The molecule has 0 aromatic rings. The van der Waals surface area contributed by atoms with Gasteiger partial charge in [-0.05, 0) is 32.6 Å². The summed E-state index contributed by atoms with van der Waals surface area (Å²) in [5.74, 6) is 1.90. The van der Waals surface area contributed by atoms with Crippen molar-refractivity contribution in [2.24, 2.45) is 10.9 Å². The molecule has 0 bridgehead atoms. The molecular formula is C15H31N3O. The van der Waals surface area contributed by atoms with Crippen LogP contribution >= 0.6 is 0 Å². The van der Waals surface area contributed by atoms with Gasteiger partial charge in [0.15, 0.2) is 5.96 Å². The van der Waals surface area contributed by atoms with Crippen molar-refractivity contribution in [3.05, 3.63) is 0 Å². The predicted octanol–water partition coefficient (Wildman–Crippen LogP) is 2.55. The number of hydrogen-bond donors (Lipinski definition) is 2. The summed E-state index contributed by atoms with van der Waals surface area (Å²) in [6, 6.07) is 0. The molecule has 1 aliphatic rings. The van der Waals surface area contributed by atoms with Crippen LogP contribution in [0.15, 0.2) is 4.99 Å². The normalized spacial score (nSPS) is 16.8. The number of rotatable bonds is 9. The molecule has 4 heteroatoms. The minimum atomic E-state index is 0.739. The van der Waals surface area contributed by atoms with Gasteiger partial charge in [-0.25, -0.2) is 0 Å². The Kier molecular flexibility index (Phi) is 9.51. The molecule has 0 aromatic carbocycles. The zero-order valence-electron chi connectivity index (χ0n) is 12.7. The van der Waals surface area contributed by atoms with Crippen molar-refractivity contribution >= 4 is 5.96 Å². The van der Waals surface area contributed by atoms with E-state index in [1.165, 1.54) is 38.5 Å². The molecule has 1 aliphatic carbocycles. The van der Waals surface area contributed by atoms with Gasteiger partial charge in [0.1, 0.15) is 0 Å². The molecule has 1 fully saturated rings. The van der Waals surface area contributed by atoms with E-state index in [0.29, 0.717) is 0 Å². The summed E-state index contributed by atoms with van der Waals surface area (Å²) in [7, 11) is 0. The van der Waals surface area contributed by atoms with Crippen LogP contribution in [0.4, 0.5) is 0 Å². The monoisotopic (exact) mass is 269 g/mol. The number of aliphatic imine (C=N–C) groups is 1. The van der Waals surface area contributed by atoms with Crippen molar-refractivity contribution in [3.63, 3.8) is 0 Å². The second-order valence-electron chi connectivity index (χ2n) is 5.18. The molecular weight excluding hydrogens is 238 g/mol. The summed E-state index contributed by atoms with van der Waals surface area (Å²) >= 11 is 0. The molecule has 1 saturated carbocycles. The number of ether oxygens (including phenoxy) is 1. The largest absolute Gasteiger partial charge is 0.380 e. The molecule has 0 saturated heterocycles. The lowest BCUT2D eigenvalue weighted by molar-refractivity contribution is 0.152. The van der Waals surface area contributed by atoms with E-state index in [0.717, 1.165) is 44.7 Å². The third kappa shape index (κ3) is 8.09. The molecule has 2 N–H and O–H groups in total. The van der Waals surface area contributed by atoms with Gasteiger partial charge in [0.2, 0.25) is 0 Å². The summed E-state index contributed by atoms with van der Waals surface area (Å²) in [5.41, 5.74) is 0. The number of nitrogens with zero attached hydrogens (tertiary/aromatic N) is 1. The van der Waals surface area contributed by atoms with E-state index >= 15 is 0 Å². The van der Waals surface area contributed by atoms with Gasteiger partial charge in [0.25, 0.3) is 0 Å². The van der Waals surface area contributed by atoms with Crippen molar-refractivity contribution in [2.45, 2.75) is 52.4 Å². The summed E-state index contributed by atoms with van der Waals surface area (Å²) in [4.78, 5) is 4.61. The van der Waals surface area contributed by atoms with Crippen molar-refractivity contribution < 1.29 is 4.74 Å².